The van der Waals surface area contributed by atoms with Crippen LogP contribution in [0.15, 0.2) is 23.2 Å². The maximum Gasteiger partial charge on any atom is 0.387 e. The van der Waals surface area contributed by atoms with Crippen LogP contribution in [-0.2, 0) is 20.1 Å². The molecule has 2 rings (SSSR count). The molecule has 0 bridgehead atoms. The van der Waals surface area contributed by atoms with Crippen molar-refractivity contribution in [2.75, 3.05) is 6.54 Å². The fraction of sp³-hybridized carbons (Fsp3) is 0.474. The Kier molecular flexibility index (Phi) is 7.15. The maximum absolute atomic E-state index is 12.6. The van der Waals surface area contributed by atoms with Crippen molar-refractivity contribution in [3.05, 3.63) is 46.3 Å². The highest BCUT2D eigenvalue weighted by atomic mass is 19.3. The van der Waals surface area contributed by atoms with Gasteiger partial charge in [-0.3, -0.25) is 4.68 Å². The van der Waals surface area contributed by atoms with Crippen molar-refractivity contribution >= 4 is 5.96 Å². The topological polar surface area (TPSA) is 63.5 Å². The zero-order chi connectivity index (χ0) is 20.0. The van der Waals surface area contributed by atoms with Gasteiger partial charge in [0, 0.05) is 37.0 Å². The van der Waals surface area contributed by atoms with Crippen LogP contribution >= 0.6 is 0 Å². The third kappa shape index (κ3) is 5.67. The van der Waals surface area contributed by atoms with E-state index in [2.05, 4.69) is 25.5 Å². The monoisotopic (exact) mass is 379 g/mol. The summed E-state index contributed by atoms with van der Waals surface area (Å²) in [4.78, 5) is 4.52. The van der Waals surface area contributed by atoms with Gasteiger partial charge in [0.2, 0.25) is 0 Å². The van der Waals surface area contributed by atoms with Crippen molar-refractivity contribution in [2.24, 2.45) is 12.0 Å². The number of hydrogen-bond donors (Lipinski definition) is 2. The van der Waals surface area contributed by atoms with E-state index < -0.39 is 6.61 Å². The predicted molar refractivity (Wildman–Crippen MR) is 102 cm³/mol. The number of hydrogen-bond acceptors (Lipinski definition) is 3. The van der Waals surface area contributed by atoms with Crippen LogP contribution in [0.25, 0.3) is 0 Å². The van der Waals surface area contributed by atoms with E-state index in [1.165, 1.54) is 0 Å². The van der Waals surface area contributed by atoms with E-state index in [0.29, 0.717) is 24.6 Å². The number of benzene rings is 1. The number of rotatable bonds is 7. The van der Waals surface area contributed by atoms with Gasteiger partial charge in [-0.25, -0.2) is 4.99 Å². The van der Waals surface area contributed by atoms with E-state index in [1.54, 1.807) is 18.2 Å². The fourth-order valence-electron chi connectivity index (χ4n) is 2.79. The Hall–Kier alpha value is -2.64. The van der Waals surface area contributed by atoms with Crippen LogP contribution in [0.2, 0.25) is 0 Å². The van der Waals surface area contributed by atoms with Crippen molar-refractivity contribution < 1.29 is 13.5 Å². The summed E-state index contributed by atoms with van der Waals surface area (Å²) in [5, 5.41) is 10.8. The molecule has 6 nitrogen and oxygen atoms in total. The van der Waals surface area contributed by atoms with Crippen molar-refractivity contribution in [1.29, 1.82) is 0 Å². The molecule has 1 aromatic carbocycles. The number of ether oxygens (including phenoxy) is 1. The second kappa shape index (κ2) is 9.34. The van der Waals surface area contributed by atoms with Gasteiger partial charge in [-0.2, -0.15) is 13.9 Å². The van der Waals surface area contributed by atoms with Gasteiger partial charge in [0.1, 0.15) is 5.75 Å². The van der Waals surface area contributed by atoms with Gasteiger partial charge in [0.15, 0.2) is 5.96 Å². The molecule has 0 saturated heterocycles. The third-order valence-electron chi connectivity index (χ3n) is 4.28. The second-order valence-corrected chi connectivity index (χ2v) is 6.31. The molecule has 0 aliphatic heterocycles. The number of aromatic nitrogens is 2. The van der Waals surface area contributed by atoms with Crippen molar-refractivity contribution in [1.82, 2.24) is 20.4 Å². The number of halogens is 2. The minimum absolute atomic E-state index is 0.147. The summed E-state index contributed by atoms with van der Waals surface area (Å²) < 4.78 is 31.7. The summed E-state index contributed by atoms with van der Waals surface area (Å²) in [6, 6.07) is 5.09. The second-order valence-electron chi connectivity index (χ2n) is 6.31. The average molecular weight is 379 g/mol. The van der Waals surface area contributed by atoms with Crippen LogP contribution in [-0.4, -0.2) is 28.9 Å². The van der Waals surface area contributed by atoms with Crippen molar-refractivity contribution in [2.45, 2.75) is 47.4 Å². The molecule has 1 aromatic heterocycles. The molecule has 148 valence electrons. The summed E-state index contributed by atoms with van der Waals surface area (Å²) in [7, 11) is 1.91. The van der Waals surface area contributed by atoms with E-state index in [-0.39, 0.29) is 12.3 Å². The van der Waals surface area contributed by atoms with Crippen LogP contribution in [0.3, 0.4) is 0 Å². The summed E-state index contributed by atoms with van der Waals surface area (Å²) in [6.07, 6.45) is 0. The first kappa shape index (κ1) is 20.7. The van der Waals surface area contributed by atoms with Gasteiger partial charge in [-0.1, -0.05) is 17.7 Å². The Morgan fingerprint density at radius 2 is 2.00 bits per heavy atom. The first-order valence-corrected chi connectivity index (χ1v) is 8.87. The first-order chi connectivity index (χ1) is 12.8. The van der Waals surface area contributed by atoms with Crippen LogP contribution in [0.4, 0.5) is 8.78 Å². The van der Waals surface area contributed by atoms with E-state index in [0.717, 1.165) is 22.5 Å². The molecule has 1 heterocycles. The van der Waals surface area contributed by atoms with E-state index in [9.17, 15) is 8.78 Å². The lowest BCUT2D eigenvalue weighted by Gasteiger charge is -2.13. The lowest BCUT2D eigenvalue weighted by molar-refractivity contribution is -0.0504. The van der Waals surface area contributed by atoms with E-state index in [1.807, 2.05) is 39.4 Å². The van der Waals surface area contributed by atoms with E-state index in [4.69, 9.17) is 0 Å². The smallest absolute Gasteiger partial charge is 0.387 e. The molecular formula is C19H27F2N5O. The zero-order valence-corrected chi connectivity index (χ0v) is 16.4. The fourth-order valence-corrected chi connectivity index (χ4v) is 2.79. The standard InChI is InChI=1S/C19H27F2N5O/c1-6-22-19(24-11-16-13(3)25-26(5)14(16)4)23-10-15-9-12(2)7-8-17(15)27-18(20)21/h7-9,18H,6,10-11H2,1-5H3,(H2,22,23,24). The first-order valence-electron chi connectivity index (χ1n) is 8.87. The number of nitrogens with one attached hydrogen (secondary N) is 2. The quantitative estimate of drug-likeness (QED) is 0.573. The molecule has 0 saturated carbocycles. The molecule has 0 fully saturated rings. The summed E-state index contributed by atoms with van der Waals surface area (Å²) in [5.41, 5.74) is 4.73. The number of aryl methyl sites for hydroxylation is 3. The van der Waals surface area contributed by atoms with Gasteiger partial charge in [-0.15, -0.1) is 0 Å². The minimum Gasteiger partial charge on any atom is -0.434 e. The Labute approximate surface area is 158 Å². The van der Waals surface area contributed by atoms with E-state index >= 15 is 0 Å². The Morgan fingerprint density at radius 3 is 2.59 bits per heavy atom. The minimum atomic E-state index is -2.86. The third-order valence-corrected chi connectivity index (χ3v) is 4.28. The molecule has 27 heavy (non-hydrogen) atoms. The highest BCUT2D eigenvalue weighted by Gasteiger charge is 2.12. The highest BCUT2D eigenvalue weighted by Crippen LogP contribution is 2.23. The average Bonchev–Trinajstić information content (AvgIpc) is 2.84. The molecular weight excluding hydrogens is 352 g/mol. The Balaban J connectivity index is 2.14. The predicted octanol–water partition coefficient (Wildman–Crippen LogP) is 3.20. The Morgan fingerprint density at radius 1 is 1.26 bits per heavy atom. The van der Waals surface area contributed by atoms with Gasteiger partial charge in [0.25, 0.3) is 0 Å². The highest BCUT2D eigenvalue weighted by molar-refractivity contribution is 5.79. The van der Waals surface area contributed by atoms with Crippen LogP contribution in [0, 0.1) is 20.8 Å². The molecule has 8 heteroatoms. The lowest BCUT2D eigenvalue weighted by atomic mass is 10.1. The maximum atomic E-state index is 12.6. The summed E-state index contributed by atoms with van der Waals surface area (Å²) >= 11 is 0. The van der Waals surface area contributed by atoms with Crippen molar-refractivity contribution in [3.63, 3.8) is 0 Å². The van der Waals surface area contributed by atoms with Gasteiger partial charge in [-0.05, 0) is 33.8 Å². The molecule has 2 N–H and O–H groups in total. The van der Waals surface area contributed by atoms with Gasteiger partial charge >= 0.3 is 6.61 Å². The lowest BCUT2D eigenvalue weighted by Crippen LogP contribution is -2.37. The van der Waals surface area contributed by atoms with Gasteiger partial charge < -0.3 is 15.4 Å². The number of aliphatic imine (C=N–C) groups is 1. The normalized spacial score (nSPS) is 11.8. The largest absolute Gasteiger partial charge is 0.434 e. The number of alkyl halides is 2. The Bertz CT molecular complexity index is 802. The van der Waals surface area contributed by atoms with Gasteiger partial charge in [0.05, 0.1) is 12.2 Å². The molecule has 0 unspecified atom stereocenters. The van der Waals surface area contributed by atoms with Crippen LogP contribution in [0.5, 0.6) is 5.75 Å². The molecule has 0 atom stereocenters. The number of nitrogens with zero attached hydrogens (tertiary/aromatic N) is 3. The van der Waals surface area contributed by atoms with Crippen LogP contribution < -0.4 is 15.4 Å². The molecule has 2 aromatic rings. The molecule has 0 amide bonds. The zero-order valence-electron chi connectivity index (χ0n) is 16.4. The molecule has 0 radical (unpaired) electrons. The molecule has 0 aliphatic carbocycles. The number of guanidine groups is 1. The summed E-state index contributed by atoms with van der Waals surface area (Å²) in [6.45, 7) is 6.47. The summed E-state index contributed by atoms with van der Waals surface area (Å²) in [5.74, 6) is 0.749. The van der Waals surface area contributed by atoms with Crippen LogP contribution in [0.1, 0.15) is 35.0 Å². The van der Waals surface area contributed by atoms with Crippen molar-refractivity contribution in [3.8, 4) is 5.75 Å². The molecule has 0 aliphatic rings. The SMILES string of the molecule is CCNC(=NCc1cc(C)ccc1OC(F)F)NCc1c(C)nn(C)c1C. The molecule has 0 spiro atoms.